The fourth-order valence-electron chi connectivity index (χ4n) is 3.53. The number of benzene rings is 1. The van der Waals surface area contributed by atoms with Crippen molar-refractivity contribution in [3.63, 3.8) is 0 Å². The summed E-state index contributed by atoms with van der Waals surface area (Å²) in [6, 6.07) is 10.8. The van der Waals surface area contributed by atoms with Crippen LogP contribution in [0.4, 0.5) is 11.4 Å². The SMILES string of the molecule is O=C(NCC1CC(=O)N(c2ccc(N3CCOCC3=O)cc2)C1)c1ccc(Cl)s1. The molecule has 2 saturated heterocycles. The van der Waals surface area contributed by atoms with Gasteiger partial charge in [0.15, 0.2) is 0 Å². The summed E-state index contributed by atoms with van der Waals surface area (Å²) in [7, 11) is 0. The highest BCUT2D eigenvalue weighted by Crippen LogP contribution is 2.28. The highest BCUT2D eigenvalue weighted by atomic mass is 35.5. The summed E-state index contributed by atoms with van der Waals surface area (Å²) in [5.74, 6) is -0.169. The van der Waals surface area contributed by atoms with Crippen LogP contribution >= 0.6 is 22.9 Å². The lowest BCUT2D eigenvalue weighted by Crippen LogP contribution is -2.41. The summed E-state index contributed by atoms with van der Waals surface area (Å²) in [6.07, 6.45) is 0.384. The van der Waals surface area contributed by atoms with Crippen LogP contribution in [0, 0.1) is 5.92 Å². The standard InChI is InChI=1S/C20H20ClN3O4S/c21-17-6-5-16(29-17)20(27)22-10-13-9-18(25)24(11-13)15-3-1-14(2-4-15)23-7-8-28-12-19(23)26/h1-6,13H,7-12H2,(H,22,27). The molecule has 0 aliphatic carbocycles. The van der Waals surface area contributed by atoms with Crippen molar-refractivity contribution in [1.82, 2.24) is 5.32 Å². The minimum atomic E-state index is -0.174. The maximum absolute atomic E-state index is 12.5. The van der Waals surface area contributed by atoms with E-state index < -0.39 is 0 Å². The van der Waals surface area contributed by atoms with Crippen molar-refractivity contribution in [3.8, 4) is 0 Å². The van der Waals surface area contributed by atoms with Crippen LogP contribution in [-0.2, 0) is 14.3 Å². The van der Waals surface area contributed by atoms with E-state index >= 15 is 0 Å². The van der Waals surface area contributed by atoms with Crippen molar-refractivity contribution in [2.75, 3.05) is 42.6 Å². The molecule has 2 fully saturated rings. The zero-order valence-corrected chi connectivity index (χ0v) is 17.2. The second kappa shape index (κ2) is 8.52. The molecule has 0 saturated carbocycles. The Morgan fingerprint density at radius 3 is 2.48 bits per heavy atom. The molecule has 9 heteroatoms. The highest BCUT2D eigenvalue weighted by Gasteiger charge is 2.31. The van der Waals surface area contributed by atoms with Crippen molar-refractivity contribution < 1.29 is 19.1 Å². The summed E-state index contributed by atoms with van der Waals surface area (Å²) in [5.41, 5.74) is 1.59. The lowest BCUT2D eigenvalue weighted by atomic mass is 10.1. The van der Waals surface area contributed by atoms with E-state index in [2.05, 4.69) is 5.32 Å². The molecule has 2 aromatic rings. The Balaban J connectivity index is 1.35. The molecule has 152 valence electrons. The van der Waals surface area contributed by atoms with Gasteiger partial charge in [0.1, 0.15) is 6.61 Å². The first-order valence-corrected chi connectivity index (χ1v) is 10.5. The number of carbonyl (C=O) groups excluding carboxylic acids is 3. The van der Waals surface area contributed by atoms with E-state index in [1.165, 1.54) is 11.3 Å². The van der Waals surface area contributed by atoms with Gasteiger partial charge in [-0.05, 0) is 36.4 Å². The Bertz CT molecular complexity index is 930. The zero-order valence-electron chi connectivity index (χ0n) is 15.6. The molecule has 0 radical (unpaired) electrons. The molecule has 2 aliphatic heterocycles. The van der Waals surface area contributed by atoms with Crippen LogP contribution < -0.4 is 15.1 Å². The summed E-state index contributed by atoms with van der Waals surface area (Å²) in [5, 5.41) is 2.88. The van der Waals surface area contributed by atoms with Gasteiger partial charge in [-0.25, -0.2) is 0 Å². The van der Waals surface area contributed by atoms with Gasteiger partial charge in [-0.15, -0.1) is 11.3 Å². The Kier molecular flexibility index (Phi) is 5.84. The minimum Gasteiger partial charge on any atom is -0.370 e. The monoisotopic (exact) mass is 433 g/mol. The number of thiophene rings is 1. The fraction of sp³-hybridized carbons (Fsp3) is 0.350. The number of morpholine rings is 1. The lowest BCUT2D eigenvalue weighted by Gasteiger charge is -2.27. The van der Waals surface area contributed by atoms with Gasteiger partial charge in [-0.1, -0.05) is 11.6 Å². The molecular formula is C20H20ClN3O4S. The Morgan fingerprint density at radius 1 is 1.10 bits per heavy atom. The van der Waals surface area contributed by atoms with Crippen molar-refractivity contribution in [2.45, 2.75) is 6.42 Å². The normalized spacial score (nSPS) is 19.7. The first-order chi connectivity index (χ1) is 14.0. The number of hydrogen-bond donors (Lipinski definition) is 1. The molecule has 0 spiro atoms. The molecule has 1 unspecified atom stereocenters. The first kappa shape index (κ1) is 19.9. The third kappa shape index (κ3) is 4.44. The first-order valence-electron chi connectivity index (χ1n) is 9.33. The van der Waals surface area contributed by atoms with Gasteiger partial charge in [0, 0.05) is 43.3 Å². The maximum atomic E-state index is 12.5. The third-order valence-electron chi connectivity index (χ3n) is 5.01. The molecule has 1 N–H and O–H groups in total. The Hall–Kier alpha value is -2.42. The van der Waals surface area contributed by atoms with E-state index in [-0.39, 0.29) is 30.2 Å². The second-order valence-electron chi connectivity index (χ2n) is 7.00. The minimum absolute atomic E-state index is 0.0265. The molecule has 0 bridgehead atoms. The van der Waals surface area contributed by atoms with Crippen LogP contribution in [0.25, 0.3) is 0 Å². The number of anilines is 2. The van der Waals surface area contributed by atoms with Gasteiger partial charge in [0.25, 0.3) is 11.8 Å². The molecule has 3 heterocycles. The van der Waals surface area contributed by atoms with Crippen LogP contribution in [0.2, 0.25) is 4.34 Å². The van der Waals surface area contributed by atoms with Crippen molar-refractivity contribution in [3.05, 3.63) is 45.6 Å². The molecule has 2 aliphatic rings. The molecule has 1 aromatic heterocycles. The predicted octanol–water partition coefficient (Wildman–Crippen LogP) is 2.55. The van der Waals surface area contributed by atoms with Gasteiger partial charge in [0.05, 0.1) is 15.8 Å². The predicted molar refractivity (Wildman–Crippen MR) is 112 cm³/mol. The molecule has 3 amide bonds. The Labute approximate surface area is 177 Å². The van der Waals surface area contributed by atoms with E-state index in [0.29, 0.717) is 41.9 Å². The van der Waals surface area contributed by atoms with E-state index in [1.807, 2.05) is 24.3 Å². The number of nitrogens with one attached hydrogen (secondary N) is 1. The van der Waals surface area contributed by atoms with Crippen molar-refractivity contribution >= 4 is 52.0 Å². The molecule has 1 aromatic carbocycles. The highest BCUT2D eigenvalue weighted by molar-refractivity contribution is 7.18. The van der Waals surface area contributed by atoms with Gasteiger partial charge in [0.2, 0.25) is 5.91 Å². The number of hydrogen-bond acceptors (Lipinski definition) is 5. The number of carbonyl (C=O) groups is 3. The quantitative estimate of drug-likeness (QED) is 0.786. The number of amides is 3. The van der Waals surface area contributed by atoms with Gasteiger partial charge in [-0.3, -0.25) is 14.4 Å². The van der Waals surface area contributed by atoms with E-state index in [4.69, 9.17) is 16.3 Å². The number of ether oxygens (including phenoxy) is 1. The average molecular weight is 434 g/mol. The largest absolute Gasteiger partial charge is 0.370 e. The molecule has 1 atom stereocenters. The summed E-state index contributed by atoms with van der Waals surface area (Å²) in [4.78, 5) is 40.6. The number of halogens is 1. The third-order valence-corrected chi connectivity index (χ3v) is 6.24. The summed E-state index contributed by atoms with van der Waals surface area (Å²) < 4.78 is 5.72. The van der Waals surface area contributed by atoms with Crippen molar-refractivity contribution in [2.24, 2.45) is 5.92 Å². The zero-order chi connectivity index (χ0) is 20.4. The maximum Gasteiger partial charge on any atom is 0.261 e. The molecular weight excluding hydrogens is 414 g/mol. The molecule has 29 heavy (non-hydrogen) atoms. The van der Waals surface area contributed by atoms with Gasteiger partial charge in [-0.2, -0.15) is 0 Å². The van der Waals surface area contributed by atoms with Crippen LogP contribution in [-0.4, -0.2) is 50.6 Å². The smallest absolute Gasteiger partial charge is 0.261 e. The van der Waals surface area contributed by atoms with Crippen molar-refractivity contribution in [1.29, 1.82) is 0 Å². The van der Waals surface area contributed by atoms with Gasteiger partial charge < -0.3 is 19.9 Å². The Morgan fingerprint density at radius 2 is 1.83 bits per heavy atom. The number of rotatable bonds is 5. The van der Waals surface area contributed by atoms with Crippen LogP contribution in [0.5, 0.6) is 0 Å². The van der Waals surface area contributed by atoms with E-state index in [9.17, 15) is 14.4 Å². The van der Waals surface area contributed by atoms with E-state index in [0.717, 1.165) is 11.4 Å². The molecule has 7 nitrogen and oxygen atoms in total. The fourth-order valence-corrected chi connectivity index (χ4v) is 4.49. The lowest BCUT2D eigenvalue weighted by molar-refractivity contribution is -0.125. The summed E-state index contributed by atoms with van der Waals surface area (Å²) in [6.45, 7) is 2.11. The van der Waals surface area contributed by atoms with Crippen LogP contribution in [0.15, 0.2) is 36.4 Å². The summed E-state index contributed by atoms with van der Waals surface area (Å²) >= 11 is 7.10. The van der Waals surface area contributed by atoms with Crippen LogP contribution in [0.3, 0.4) is 0 Å². The van der Waals surface area contributed by atoms with E-state index in [1.54, 1.807) is 21.9 Å². The topological polar surface area (TPSA) is 79.0 Å². The number of nitrogens with zero attached hydrogens (tertiary/aromatic N) is 2. The van der Waals surface area contributed by atoms with Gasteiger partial charge >= 0.3 is 0 Å². The molecule has 4 rings (SSSR count). The second-order valence-corrected chi connectivity index (χ2v) is 8.72. The average Bonchev–Trinajstić information content (AvgIpc) is 3.32. The van der Waals surface area contributed by atoms with Crippen LogP contribution in [0.1, 0.15) is 16.1 Å².